The number of hydrogen-bond donors (Lipinski definition) is 1. The van der Waals surface area contributed by atoms with E-state index < -0.39 is 11.6 Å². The molecule has 1 aromatic carbocycles. The van der Waals surface area contributed by atoms with E-state index in [1.54, 1.807) is 36.2 Å². The van der Waals surface area contributed by atoms with Gasteiger partial charge in [0, 0.05) is 18.1 Å². The summed E-state index contributed by atoms with van der Waals surface area (Å²) in [6.45, 7) is 3.84. The van der Waals surface area contributed by atoms with Gasteiger partial charge in [0.1, 0.15) is 12.1 Å². The van der Waals surface area contributed by atoms with Gasteiger partial charge in [-0.3, -0.25) is 14.5 Å². The van der Waals surface area contributed by atoms with Crippen molar-refractivity contribution in [1.29, 1.82) is 0 Å². The standard InChI is InChI=1S/C21H28ClN3O3/c1-4-21(15-7-9-16(22)10-8-15)19(27)25(20(28)23-21)13-18(26)24(3)17-11-5-14(2)6-12-17/h7-10,14,17H,4-6,11-13H2,1-3H3,(H,23,28). The molecule has 1 atom stereocenters. The maximum Gasteiger partial charge on any atom is 0.325 e. The van der Waals surface area contributed by atoms with Crippen molar-refractivity contribution in [3.05, 3.63) is 34.9 Å². The molecule has 1 saturated heterocycles. The van der Waals surface area contributed by atoms with E-state index >= 15 is 0 Å². The number of amides is 4. The lowest BCUT2D eigenvalue weighted by Crippen LogP contribution is -2.47. The van der Waals surface area contributed by atoms with Crippen molar-refractivity contribution in [2.45, 2.75) is 57.5 Å². The summed E-state index contributed by atoms with van der Waals surface area (Å²) in [7, 11) is 1.77. The summed E-state index contributed by atoms with van der Waals surface area (Å²) in [5, 5.41) is 3.36. The van der Waals surface area contributed by atoms with E-state index in [-0.39, 0.29) is 24.4 Å². The number of benzene rings is 1. The summed E-state index contributed by atoms with van der Waals surface area (Å²) in [5.41, 5.74) is -0.483. The Morgan fingerprint density at radius 2 is 1.82 bits per heavy atom. The number of hydrogen-bond acceptors (Lipinski definition) is 3. The summed E-state index contributed by atoms with van der Waals surface area (Å²) in [5.74, 6) is 0.0997. The Kier molecular flexibility index (Phi) is 5.98. The van der Waals surface area contributed by atoms with Crippen LogP contribution in [0.1, 0.15) is 51.5 Å². The molecule has 4 amide bonds. The molecule has 6 nitrogen and oxygen atoms in total. The van der Waals surface area contributed by atoms with Crippen LogP contribution >= 0.6 is 11.6 Å². The lowest BCUT2D eigenvalue weighted by Gasteiger charge is -2.34. The molecule has 0 aromatic heterocycles. The molecule has 0 radical (unpaired) electrons. The molecule has 1 heterocycles. The molecule has 152 valence electrons. The van der Waals surface area contributed by atoms with E-state index in [4.69, 9.17) is 11.6 Å². The molecule has 0 spiro atoms. The molecule has 1 saturated carbocycles. The first-order chi connectivity index (χ1) is 13.3. The Balaban J connectivity index is 1.74. The average molecular weight is 406 g/mol. The third-order valence-corrected chi connectivity index (χ3v) is 6.51. The van der Waals surface area contributed by atoms with Gasteiger partial charge in [-0.2, -0.15) is 0 Å². The zero-order valence-corrected chi connectivity index (χ0v) is 17.5. The first-order valence-electron chi connectivity index (χ1n) is 9.94. The quantitative estimate of drug-likeness (QED) is 0.762. The van der Waals surface area contributed by atoms with Gasteiger partial charge in [0.05, 0.1) is 0 Å². The van der Waals surface area contributed by atoms with E-state index in [1.165, 1.54) is 0 Å². The Morgan fingerprint density at radius 1 is 1.21 bits per heavy atom. The van der Waals surface area contributed by atoms with E-state index in [1.807, 2.05) is 6.92 Å². The van der Waals surface area contributed by atoms with Gasteiger partial charge in [0.15, 0.2) is 0 Å². The Hall–Kier alpha value is -2.08. The van der Waals surface area contributed by atoms with Gasteiger partial charge in [-0.25, -0.2) is 4.79 Å². The Morgan fingerprint density at radius 3 is 2.39 bits per heavy atom. The normalized spacial score (nSPS) is 27.6. The first-order valence-corrected chi connectivity index (χ1v) is 10.3. The molecule has 1 aliphatic heterocycles. The number of likely N-dealkylation sites (N-methyl/N-ethyl adjacent to an activating group) is 1. The fraction of sp³-hybridized carbons (Fsp3) is 0.571. The second-order valence-corrected chi connectivity index (χ2v) is 8.44. The molecule has 0 bridgehead atoms. The highest BCUT2D eigenvalue weighted by Gasteiger charge is 2.51. The molecule has 28 heavy (non-hydrogen) atoms. The van der Waals surface area contributed by atoms with E-state index in [2.05, 4.69) is 12.2 Å². The minimum atomic E-state index is -1.15. The molecule has 2 aliphatic rings. The van der Waals surface area contributed by atoms with Crippen LogP contribution in [0.15, 0.2) is 24.3 Å². The minimum absolute atomic E-state index is 0.177. The molecular formula is C21H28ClN3O3. The van der Waals surface area contributed by atoms with Gasteiger partial charge in [-0.05, 0) is 55.7 Å². The Bertz CT molecular complexity index is 759. The smallest absolute Gasteiger partial charge is 0.325 e. The van der Waals surface area contributed by atoms with Gasteiger partial charge >= 0.3 is 6.03 Å². The van der Waals surface area contributed by atoms with Crippen LogP contribution in [0.25, 0.3) is 0 Å². The van der Waals surface area contributed by atoms with Crippen LogP contribution in [0.4, 0.5) is 4.79 Å². The number of carbonyl (C=O) groups excluding carboxylic acids is 3. The van der Waals surface area contributed by atoms with E-state index in [0.29, 0.717) is 22.9 Å². The van der Waals surface area contributed by atoms with E-state index in [0.717, 1.165) is 30.6 Å². The van der Waals surface area contributed by atoms with Crippen LogP contribution in [0, 0.1) is 5.92 Å². The second kappa shape index (κ2) is 8.11. The zero-order valence-electron chi connectivity index (χ0n) is 16.7. The first kappa shape index (κ1) is 20.6. The van der Waals surface area contributed by atoms with Crippen molar-refractivity contribution in [1.82, 2.24) is 15.1 Å². The van der Waals surface area contributed by atoms with Gasteiger partial charge in [-0.1, -0.05) is 37.6 Å². The van der Waals surface area contributed by atoms with E-state index in [9.17, 15) is 14.4 Å². The van der Waals surface area contributed by atoms with Crippen LogP contribution in [-0.4, -0.2) is 47.3 Å². The fourth-order valence-corrected chi connectivity index (χ4v) is 4.35. The maximum absolute atomic E-state index is 13.2. The highest BCUT2D eigenvalue weighted by atomic mass is 35.5. The average Bonchev–Trinajstić information content (AvgIpc) is 2.93. The lowest BCUT2D eigenvalue weighted by molar-refractivity contribution is -0.140. The van der Waals surface area contributed by atoms with Crippen molar-refractivity contribution in [3.63, 3.8) is 0 Å². The predicted octanol–water partition coefficient (Wildman–Crippen LogP) is 3.53. The third kappa shape index (κ3) is 3.75. The van der Waals surface area contributed by atoms with Gasteiger partial charge in [-0.15, -0.1) is 0 Å². The summed E-state index contributed by atoms with van der Waals surface area (Å²) < 4.78 is 0. The minimum Gasteiger partial charge on any atom is -0.341 e. The van der Waals surface area contributed by atoms with Crippen LogP contribution in [0.3, 0.4) is 0 Å². The molecule has 1 unspecified atom stereocenters. The highest BCUT2D eigenvalue weighted by molar-refractivity contribution is 6.30. The van der Waals surface area contributed by atoms with Crippen LogP contribution in [0.2, 0.25) is 5.02 Å². The number of carbonyl (C=O) groups is 3. The number of imide groups is 1. The van der Waals surface area contributed by atoms with Crippen molar-refractivity contribution < 1.29 is 14.4 Å². The molecule has 7 heteroatoms. The molecule has 1 aliphatic carbocycles. The number of nitrogens with zero attached hydrogens (tertiary/aromatic N) is 2. The SMILES string of the molecule is CCC1(c2ccc(Cl)cc2)NC(=O)N(CC(=O)N(C)C2CCC(C)CC2)C1=O. The van der Waals surface area contributed by atoms with Crippen LogP contribution < -0.4 is 5.32 Å². The summed E-state index contributed by atoms with van der Waals surface area (Å²) >= 11 is 5.95. The zero-order chi connectivity index (χ0) is 20.5. The second-order valence-electron chi connectivity index (χ2n) is 8.01. The Labute approximate surface area is 171 Å². The number of nitrogens with one attached hydrogen (secondary N) is 1. The number of rotatable bonds is 5. The van der Waals surface area contributed by atoms with Crippen molar-refractivity contribution >= 4 is 29.4 Å². The topological polar surface area (TPSA) is 69.7 Å². The highest BCUT2D eigenvalue weighted by Crippen LogP contribution is 2.33. The number of urea groups is 1. The largest absolute Gasteiger partial charge is 0.341 e. The maximum atomic E-state index is 13.2. The third-order valence-electron chi connectivity index (χ3n) is 6.26. The van der Waals surface area contributed by atoms with Crippen molar-refractivity contribution in [3.8, 4) is 0 Å². The van der Waals surface area contributed by atoms with Crippen LogP contribution in [0.5, 0.6) is 0 Å². The van der Waals surface area contributed by atoms with Crippen LogP contribution in [-0.2, 0) is 15.1 Å². The van der Waals surface area contributed by atoms with Crippen molar-refractivity contribution in [2.24, 2.45) is 5.92 Å². The monoisotopic (exact) mass is 405 g/mol. The molecule has 3 rings (SSSR count). The summed E-state index contributed by atoms with van der Waals surface area (Å²) in [6, 6.07) is 6.52. The molecular weight excluding hydrogens is 378 g/mol. The molecule has 2 fully saturated rings. The van der Waals surface area contributed by atoms with Gasteiger partial charge in [0.2, 0.25) is 5.91 Å². The summed E-state index contributed by atoms with van der Waals surface area (Å²) in [6.07, 6.45) is 4.52. The number of halogens is 1. The van der Waals surface area contributed by atoms with Gasteiger partial charge in [0.25, 0.3) is 5.91 Å². The fourth-order valence-electron chi connectivity index (χ4n) is 4.22. The molecule has 1 aromatic rings. The predicted molar refractivity (Wildman–Crippen MR) is 108 cm³/mol. The lowest BCUT2D eigenvalue weighted by atomic mass is 9.86. The summed E-state index contributed by atoms with van der Waals surface area (Å²) in [4.78, 5) is 41.3. The van der Waals surface area contributed by atoms with Gasteiger partial charge < -0.3 is 10.2 Å². The van der Waals surface area contributed by atoms with Crippen molar-refractivity contribution in [2.75, 3.05) is 13.6 Å². The molecule has 1 N–H and O–H groups in total.